The largest absolute Gasteiger partial charge is 0.454 e. The number of hydrogen-bond donors (Lipinski definition) is 3. The van der Waals surface area contributed by atoms with Gasteiger partial charge in [0.2, 0.25) is 30.4 Å². The molecule has 0 bridgehead atoms. The number of anilines is 1. The Morgan fingerprint density at radius 1 is 1.12 bits per heavy atom. The Kier molecular flexibility index (Phi) is 4.24. The number of primary amides is 1. The van der Waals surface area contributed by atoms with Gasteiger partial charge >= 0.3 is 0 Å². The van der Waals surface area contributed by atoms with E-state index in [0.717, 1.165) is 4.90 Å². The van der Waals surface area contributed by atoms with E-state index in [4.69, 9.17) is 15.2 Å². The minimum absolute atomic E-state index is 0.0572. The fraction of sp³-hybridized carbons (Fsp3) is 0.304. The third-order valence-electron chi connectivity index (χ3n) is 6.97. The Balaban J connectivity index is 1.42. The van der Waals surface area contributed by atoms with E-state index in [9.17, 15) is 23.6 Å². The quantitative estimate of drug-likeness (QED) is 0.553. The number of likely N-dealkylation sites (tertiary alicyclic amines) is 1. The van der Waals surface area contributed by atoms with Crippen molar-refractivity contribution in [3.63, 3.8) is 0 Å². The molecule has 6 rings (SSSR count). The van der Waals surface area contributed by atoms with Crippen LogP contribution >= 0.6 is 0 Å². The first-order valence-corrected chi connectivity index (χ1v) is 10.7. The van der Waals surface area contributed by atoms with Crippen molar-refractivity contribution in [3.05, 3.63) is 53.3 Å². The summed E-state index contributed by atoms with van der Waals surface area (Å²) in [5, 5.41) is 5.70. The van der Waals surface area contributed by atoms with Gasteiger partial charge in [0.15, 0.2) is 11.5 Å². The Bertz CT molecular complexity index is 1300. The molecular weight excluding hydrogens is 447 g/mol. The van der Waals surface area contributed by atoms with Crippen molar-refractivity contribution in [3.8, 4) is 11.5 Å². The number of ether oxygens (including phenoxy) is 2. The fourth-order valence-electron chi connectivity index (χ4n) is 5.60. The highest BCUT2D eigenvalue weighted by Crippen LogP contribution is 2.53. The molecule has 0 saturated carbocycles. The second kappa shape index (κ2) is 7.00. The normalized spacial score (nSPS) is 28.4. The first kappa shape index (κ1) is 20.6. The molecule has 0 aliphatic carbocycles. The Labute approximate surface area is 192 Å². The number of fused-ring (bicyclic) bond motifs is 5. The first-order chi connectivity index (χ1) is 16.3. The van der Waals surface area contributed by atoms with Gasteiger partial charge in [-0.2, -0.15) is 0 Å². The molecule has 4 N–H and O–H groups in total. The van der Waals surface area contributed by atoms with E-state index in [2.05, 4.69) is 10.6 Å². The van der Waals surface area contributed by atoms with Crippen LogP contribution in [-0.4, -0.2) is 41.4 Å². The van der Waals surface area contributed by atoms with Crippen LogP contribution in [0.25, 0.3) is 0 Å². The van der Waals surface area contributed by atoms with Crippen LogP contribution in [0.2, 0.25) is 0 Å². The molecule has 11 heteroatoms. The summed E-state index contributed by atoms with van der Waals surface area (Å²) in [6.07, 6.45) is -0.266. The summed E-state index contributed by atoms with van der Waals surface area (Å²) >= 11 is 0. The van der Waals surface area contributed by atoms with E-state index in [1.807, 2.05) is 0 Å². The second-order valence-corrected chi connectivity index (χ2v) is 8.83. The van der Waals surface area contributed by atoms with Crippen molar-refractivity contribution in [2.24, 2.45) is 17.6 Å². The lowest BCUT2D eigenvalue weighted by atomic mass is 9.76. The second-order valence-electron chi connectivity index (χ2n) is 8.83. The van der Waals surface area contributed by atoms with Gasteiger partial charge in [-0.15, -0.1) is 0 Å². The van der Waals surface area contributed by atoms with Crippen molar-refractivity contribution in [2.45, 2.75) is 24.5 Å². The van der Waals surface area contributed by atoms with E-state index in [0.29, 0.717) is 22.7 Å². The van der Waals surface area contributed by atoms with Crippen molar-refractivity contribution < 1.29 is 33.0 Å². The predicted octanol–water partition coefficient (Wildman–Crippen LogP) is 0.350. The number of benzene rings is 2. The topological polar surface area (TPSA) is 140 Å². The molecule has 0 aromatic heterocycles. The molecular formula is C23H19FN4O6. The van der Waals surface area contributed by atoms with Gasteiger partial charge in [-0.3, -0.25) is 29.4 Å². The third-order valence-corrected chi connectivity index (χ3v) is 6.97. The molecule has 2 aromatic rings. The van der Waals surface area contributed by atoms with Gasteiger partial charge in [-0.1, -0.05) is 6.07 Å². The summed E-state index contributed by atoms with van der Waals surface area (Å²) in [7, 11) is 0. The monoisotopic (exact) mass is 466 g/mol. The molecule has 4 aliphatic rings. The van der Waals surface area contributed by atoms with E-state index in [-0.39, 0.29) is 25.3 Å². The molecule has 0 radical (unpaired) electrons. The maximum absolute atomic E-state index is 14.2. The summed E-state index contributed by atoms with van der Waals surface area (Å²) in [5.74, 6) is -4.11. The van der Waals surface area contributed by atoms with Crippen molar-refractivity contribution >= 4 is 29.3 Å². The molecule has 4 heterocycles. The third kappa shape index (κ3) is 2.70. The highest BCUT2D eigenvalue weighted by molar-refractivity contribution is 6.15. The Morgan fingerprint density at radius 2 is 1.91 bits per heavy atom. The summed E-state index contributed by atoms with van der Waals surface area (Å²) in [5.41, 5.74) is 4.91. The van der Waals surface area contributed by atoms with Gasteiger partial charge in [-0.05, 0) is 35.9 Å². The van der Waals surface area contributed by atoms with Crippen LogP contribution in [-0.2, 0) is 31.3 Å². The zero-order chi connectivity index (χ0) is 23.8. The number of nitrogens with one attached hydrogen (secondary N) is 2. The standard InChI is InChI=1S/C23H19FN4O6/c24-11-2-3-13-12(6-11)23(22(32)26-13)19-18(14(27-23)7-17(25)29)20(30)28(21(19)31)8-10-1-4-15-16(5-10)34-9-33-15/h1-6,14,18-19,27H,7-9H2,(H2,25,29)(H,26,32)/t14?,18-,19+,23?/m1/s1. The number of nitrogens with zero attached hydrogens (tertiary/aromatic N) is 1. The minimum atomic E-state index is -1.70. The zero-order valence-electron chi connectivity index (χ0n) is 17.7. The fourth-order valence-corrected chi connectivity index (χ4v) is 5.60. The van der Waals surface area contributed by atoms with Crippen molar-refractivity contribution in [1.82, 2.24) is 10.2 Å². The molecule has 4 atom stereocenters. The van der Waals surface area contributed by atoms with E-state index >= 15 is 0 Å². The maximum Gasteiger partial charge on any atom is 0.250 e. The summed E-state index contributed by atoms with van der Waals surface area (Å²) < 4.78 is 24.9. The van der Waals surface area contributed by atoms with E-state index in [1.54, 1.807) is 18.2 Å². The number of carbonyl (C=O) groups excluding carboxylic acids is 4. The average molecular weight is 466 g/mol. The zero-order valence-corrected chi connectivity index (χ0v) is 17.7. The van der Waals surface area contributed by atoms with Crippen LogP contribution in [0.1, 0.15) is 17.5 Å². The van der Waals surface area contributed by atoms with E-state index < -0.39 is 52.9 Å². The van der Waals surface area contributed by atoms with Gasteiger partial charge in [0.05, 0.1) is 18.4 Å². The Morgan fingerprint density at radius 3 is 2.71 bits per heavy atom. The molecule has 2 fully saturated rings. The lowest BCUT2D eigenvalue weighted by molar-refractivity contribution is -0.143. The highest BCUT2D eigenvalue weighted by atomic mass is 19.1. The first-order valence-electron chi connectivity index (χ1n) is 10.7. The van der Waals surface area contributed by atoms with Gasteiger partial charge in [-0.25, -0.2) is 4.39 Å². The highest BCUT2D eigenvalue weighted by Gasteiger charge is 2.70. The predicted molar refractivity (Wildman–Crippen MR) is 113 cm³/mol. The van der Waals surface area contributed by atoms with Crippen molar-refractivity contribution in [1.29, 1.82) is 0 Å². The molecule has 10 nitrogen and oxygen atoms in total. The van der Waals surface area contributed by atoms with E-state index in [1.165, 1.54) is 18.2 Å². The lowest BCUT2D eigenvalue weighted by Crippen LogP contribution is -2.53. The number of halogens is 1. The minimum Gasteiger partial charge on any atom is -0.454 e. The van der Waals surface area contributed by atoms with Crippen LogP contribution in [0.5, 0.6) is 11.5 Å². The molecule has 4 amide bonds. The Hall–Kier alpha value is -3.99. The lowest BCUT2D eigenvalue weighted by Gasteiger charge is -2.29. The number of imide groups is 1. The molecule has 4 aliphatic heterocycles. The van der Waals surface area contributed by atoms with Crippen LogP contribution in [0.15, 0.2) is 36.4 Å². The summed E-state index contributed by atoms with van der Waals surface area (Å²) in [4.78, 5) is 53.3. The SMILES string of the molecule is NC(=O)CC1NC2(C(=O)Nc3ccc(F)cc32)[C@@H]2C(=O)N(Cc3ccc4c(c3)OCO4)C(=O)[C@H]12. The number of amides is 4. The smallest absolute Gasteiger partial charge is 0.250 e. The summed E-state index contributed by atoms with van der Waals surface area (Å²) in [6.45, 7) is 0.0247. The van der Waals surface area contributed by atoms with Gasteiger partial charge in [0, 0.05) is 23.7 Å². The summed E-state index contributed by atoms with van der Waals surface area (Å²) in [6, 6.07) is 7.97. The molecule has 2 aromatic carbocycles. The van der Waals surface area contributed by atoms with Gasteiger partial charge in [0.1, 0.15) is 11.4 Å². The van der Waals surface area contributed by atoms with Gasteiger partial charge in [0.25, 0.3) is 0 Å². The number of rotatable bonds is 4. The molecule has 2 unspecified atom stereocenters. The van der Waals surface area contributed by atoms with Crippen LogP contribution in [0, 0.1) is 17.7 Å². The van der Waals surface area contributed by atoms with Crippen LogP contribution in [0.4, 0.5) is 10.1 Å². The number of carbonyl (C=O) groups is 4. The number of hydrogen-bond acceptors (Lipinski definition) is 7. The van der Waals surface area contributed by atoms with Crippen LogP contribution in [0.3, 0.4) is 0 Å². The molecule has 2 saturated heterocycles. The number of nitrogens with two attached hydrogens (primary N) is 1. The van der Waals surface area contributed by atoms with Crippen LogP contribution < -0.4 is 25.8 Å². The molecule has 34 heavy (non-hydrogen) atoms. The molecule has 174 valence electrons. The van der Waals surface area contributed by atoms with Gasteiger partial charge < -0.3 is 20.5 Å². The average Bonchev–Trinajstić information content (AvgIpc) is 3.51. The van der Waals surface area contributed by atoms with Crippen molar-refractivity contribution in [2.75, 3.05) is 12.1 Å². The molecule has 1 spiro atoms. The maximum atomic E-state index is 14.2.